The number of nitrogens with two attached hydrogens (primary N) is 1. The van der Waals surface area contributed by atoms with Crippen molar-refractivity contribution in [2.24, 2.45) is 0 Å². The molecule has 2 aromatic heterocycles. The van der Waals surface area contributed by atoms with Gasteiger partial charge in [0.15, 0.2) is 0 Å². The molecule has 0 spiro atoms. The standard InChI is InChI=1S/C8H8BrN5O/c9-6-3-7(10)13-8(12-6)11-4-5-1-2-15-14-5/h1-3H,4H2,(H3,10,11,12,13). The van der Waals surface area contributed by atoms with Crippen molar-refractivity contribution in [3.63, 3.8) is 0 Å². The molecule has 15 heavy (non-hydrogen) atoms. The van der Waals surface area contributed by atoms with Gasteiger partial charge in [-0.05, 0) is 15.9 Å². The van der Waals surface area contributed by atoms with Crippen LogP contribution in [-0.2, 0) is 6.54 Å². The highest BCUT2D eigenvalue weighted by Crippen LogP contribution is 2.12. The van der Waals surface area contributed by atoms with Gasteiger partial charge in [0.05, 0.1) is 6.54 Å². The first-order valence-corrected chi connectivity index (χ1v) is 4.96. The molecule has 0 aliphatic rings. The third kappa shape index (κ3) is 2.66. The molecule has 0 aromatic carbocycles. The van der Waals surface area contributed by atoms with Crippen LogP contribution in [0.25, 0.3) is 0 Å². The minimum Gasteiger partial charge on any atom is -0.383 e. The Bertz CT molecular complexity index is 424. The maximum atomic E-state index is 5.55. The van der Waals surface area contributed by atoms with E-state index >= 15 is 0 Å². The molecule has 0 bridgehead atoms. The van der Waals surface area contributed by atoms with Crippen LogP contribution < -0.4 is 11.1 Å². The molecule has 0 atom stereocenters. The van der Waals surface area contributed by atoms with Crippen molar-refractivity contribution in [2.75, 3.05) is 11.1 Å². The van der Waals surface area contributed by atoms with Crippen LogP contribution in [0.4, 0.5) is 11.8 Å². The molecular weight excluding hydrogens is 262 g/mol. The van der Waals surface area contributed by atoms with Crippen LogP contribution in [0, 0.1) is 0 Å². The first kappa shape index (κ1) is 9.91. The summed E-state index contributed by atoms with van der Waals surface area (Å²) < 4.78 is 5.32. The third-order valence-electron chi connectivity index (χ3n) is 1.63. The Morgan fingerprint density at radius 2 is 2.33 bits per heavy atom. The van der Waals surface area contributed by atoms with Gasteiger partial charge in [-0.1, -0.05) is 5.16 Å². The zero-order valence-electron chi connectivity index (χ0n) is 7.64. The number of halogens is 1. The molecule has 0 saturated heterocycles. The van der Waals surface area contributed by atoms with Gasteiger partial charge in [0, 0.05) is 12.1 Å². The maximum Gasteiger partial charge on any atom is 0.226 e. The molecule has 0 radical (unpaired) electrons. The van der Waals surface area contributed by atoms with Crippen LogP contribution in [0.15, 0.2) is 27.5 Å². The lowest BCUT2D eigenvalue weighted by molar-refractivity contribution is 0.412. The predicted octanol–water partition coefficient (Wildman–Crippen LogP) is 1.42. The lowest BCUT2D eigenvalue weighted by Gasteiger charge is -2.03. The highest BCUT2D eigenvalue weighted by atomic mass is 79.9. The molecule has 3 N–H and O–H groups in total. The smallest absolute Gasteiger partial charge is 0.226 e. The fourth-order valence-corrected chi connectivity index (χ4v) is 1.41. The summed E-state index contributed by atoms with van der Waals surface area (Å²) in [5.41, 5.74) is 6.33. The minimum absolute atomic E-state index is 0.402. The molecule has 0 aliphatic heterocycles. The third-order valence-corrected chi connectivity index (χ3v) is 2.04. The molecule has 0 saturated carbocycles. The summed E-state index contributed by atoms with van der Waals surface area (Å²) in [7, 11) is 0. The van der Waals surface area contributed by atoms with Crippen LogP contribution in [0.5, 0.6) is 0 Å². The number of hydrogen-bond acceptors (Lipinski definition) is 6. The summed E-state index contributed by atoms with van der Waals surface area (Å²) in [6.45, 7) is 0.492. The molecule has 2 aromatic rings. The van der Waals surface area contributed by atoms with Gasteiger partial charge >= 0.3 is 0 Å². The van der Waals surface area contributed by atoms with Crippen LogP contribution >= 0.6 is 15.9 Å². The lowest BCUT2D eigenvalue weighted by atomic mass is 10.4. The molecule has 78 valence electrons. The van der Waals surface area contributed by atoms with E-state index in [1.54, 1.807) is 12.1 Å². The number of aromatic nitrogens is 3. The number of hydrogen-bond donors (Lipinski definition) is 2. The van der Waals surface area contributed by atoms with Gasteiger partial charge in [-0.15, -0.1) is 0 Å². The maximum absolute atomic E-state index is 5.55. The SMILES string of the molecule is Nc1cc(Br)nc(NCc2ccon2)n1. The largest absolute Gasteiger partial charge is 0.383 e. The molecule has 7 heteroatoms. The average molecular weight is 270 g/mol. The topological polar surface area (TPSA) is 89.9 Å². The number of nitrogens with zero attached hydrogens (tertiary/aromatic N) is 3. The summed E-state index contributed by atoms with van der Waals surface area (Å²) in [5, 5.41) is 6.71. The van der Waals surface area contributed by atoms with Gasteiger partial charge in [-0.2, -0.15) is 4.98 Å². The first-order valence-electron chi connectivity index (χ1n) is 4.17. The van der Waals surface area contributed by atoms with Gasteiger partial charge in [-0.3, -0.25) is 0 Å². The zero-order valence-corrected chi connectivity index (χ0v) is 9.23. The Kier molecular flexibility index (Phi) is 2.82. The summed E-state index contributed by atoms with van der Waals surface area (Å²) in [6, 6.07) is 3.38. The quantitative estimate of drug-likeness (QED) is 0.820. The summed E-state index contributed by atoms with van der Waals surface area (Å²) in [5.74, 6) is 0.851. The highest BCUT2D eigenvalue weighted by molar-refractivity contribution is 9.10. The van der Waals surface area contributed by atoms with Crippen molar-refractivity contribution in [3.8, 4) is 0 Å². The molecule has 0 fully saturated rings. The Morgan fingerprint density at radius 1 is 1.47 bits per heavy atom. The molecule has 2 rings (SSSR count). The lowest BCUT2D eigenvalue weighted by Crippen LogP contribution is -2.05. The Morgan fingerprint density at radius 3 is 3.00 bits per heavy atom. The summed E-state index contributed by atoms with van der Waals surface area (Å²) in [4.78, 5) is 8.09. The summed E-state index contributed by atoms with van der Waals surface area (Å²) in [6.07, 6.45) is 1.51. The van der Waals surface area contributed by atoms with E-state index in [1.807, 2.05) is 0 Å². The average Bonchev–Trinajstić information content (AvgIpc) is 2.65. The molecule has 2 heterocycles. The molecule has 0 amide bonds. The van der Waals surface area contributed by atoms with Crippen molar-refractivity contribution in [3.05, 3.63) is 28.7 Å². The van der Waals surface area contributed by atoms with Gasteiger partial charge in [-0.25, -0.2) is 4.98 Å². The van der Waals surface area contributed by atoms with Crippen LogP contribution in [-0.4, -0.2) is 15.1 Å². The molecule has 0 unspecified atom stereocenters. The van der Waals surface area contributed by atoms with Crippen molar-refractivity contribution in [1.29, 1.82) is 0 Å². The van der Waals surface area contributed by atoms with E-state index in [4.69, 9.17) is 5.73 Å². The first-order chi connectivity index (χ1) is 7.24. The van der Waals surface area contributed by atoms with E-state index in [-0.39, 0.29) is 0 Å². The minimum atomic E-state index is 0.402. The van der Waals surface area contributed by atoms with E-state index in [1.165, 1.54) is 6.26 Å². The fourth-order valence-electron chi connectivity index (χ4n) is 1.01. The van der Waals surface area contributed by atoms with Gasteiger partial charge in [0.2, 0.25) is 5.95 Å². The van der Waals surface area contributed by atoms with Crippen molar-refractivity contribution in [1.82, 2.24) is 15.1 Å². The van der Waals surface area contributed by atoms with Gasteiger partial charge in [0.25, 0.3) is 0 Å². The van der Waals surface area contributed by atoms with Crippen molar-refractivity contribution < 1.29 is 4.52 Å². The molecule has 0 aliphatic carbocycles. The van der Waals surface area contributed by atoms with E-state index < -0.39 is 0 Å². The Labute approximate surface area is 94.0 Å². The highest BCUT2D eigenvalue weighted by Gasteiger charge is 2.01. The van der Waals surface area contributed by atoms with Crippen molar-refractivity contribution >= 4 is 27.7 Å². The van der Waals surface area contributed by atoms with E-state index in [9.17, 15) is 0 Å². The van der Waals surface area contributed by atoms with E-state index in [0.717, 1.165) is 5.69 Å². The fraction of sp³-hybridized carbons (Fsp3) is 0.125. The number of anilines is 2. The second-order valence-corrected chi connectivity index (χ2v) is 3.60. The number of nitrogens with one attached hydrogen (secondary N) is 1. The molecule has 6 nitrogen and oxygen atoms in total. The molecular formula is C8H8BrN5O. The van der Waals surface area contributed by atoms with Gasteiger partial charge < -0.3 is 15.6 Å². The Hall–Kier alpha value is -1.63. The van der Waals surface area contributed by atoms with Gasteiger partial charge in [0.1, 0.15) is 22.4 Å². The van der Waals surface area contributed by atoms with Crippen LogP contribution in [0.1, 0.15) is 5.69 Å². The van der Waals surface area contributed by atoms with Crippen molar-refractivity contribution in [2.45, 2.75) is 6.54 Å². The second-order valence-electron chi connectivity index (χ2n) is 2.78. The monoisotopic (exact) mass is 269 g/mol. The normalized spacial score (nSPS) is 10.2. The van der Waals surface area contributed by atoms with Crippen LogP contribution in [0.2, 0.25) is 0 Å². The second kappa shape index (κ2) is 4.26. The zero-order chi connectivity index (χ0) is 10.7. The van der Waals surface area contributed by atoms with E-state index in [2.05, 4.69) is 40.9 Å². The Balaban J connectivity index is 2.05. The number of rotatable bonds is 3. The number of nitrogen functional groups attached to an aromatic ring is 1. The predicted molar refractivity (Wildman–Crippen MR) is 58.0 cm³/mol. The summed E-state index contributed by atoms with van der Waals surface area (Å²) >= 11 is 3.23. The van der Waals surface area contributed by atoms with Crippen LogP contribution in [0.3, 0.4) is 0 Å². The van der Waals surface area contributed by atoms with E-state index in [0.29, 0.717) is 22.9 Å².